The first-order valence-electron chi connectivity index (χ1n) is 7.65. The van der Waals surface area contributed by atoms with E-state index in [1.54, 1.807) is 0 Å². The number of aliphatic hydroxyl groups excluding tert-OH is 1. The maximum absolute atomic E-state index is 9.60. The topological polar surface area (TPSA) is 87.0 Å². The van der Waals surface area contributed by atoms with Crippen molar-refractivity contribution in [2.75, 3.05) is 13.2 Å². The predicted octanol–water partition coefficient (Wildman–Crippen LogP) is 3.35. The van der Waals surface area contributed by atoms with E-state index >= 15 is 0 Å². The summed E-state index contributed by atoms with van der Waals surface area (Å²) in [5.74, 6) is -0.935. The monoisotopic (exact) mass is 306 g/mol. The molecule has 3 N–H and O–H groups in total. The molecular formula is C16H34O5. The number of hydrogen-bond acceptors (Lipinski definition) is 4. The molecule has 5 nitrogen and oxygen atoms in total. The van der Waals surface area contributed by atoms with Crippen LogP contribution in [0.4, 0.5) is 0 Å². The second-order valence-electron chi connectivity index (χ2n) is 4.67. The lowest BCUT2D eigenvalue weighted by Crippen LogP contribution is -2.02. The van der Waals surface area contributed by atoms with E-state index in [-0.39, 0.29) is 5.57 Å². The van der Waals surface area contributed by atoms with E-state index in [9.17, 15) is 4.79 Å². The number of carboxylic acids is 1. The van der Waals surface area contributed by atoms with Gasteiger partial charge in [-0.1, -0.05) is 40.2 Å². The molecule has 0 amide bonds. The van der Waals surface area contributed by atoms with Crippen molar-refractivity contribution >= 4 is 5.97 Å². The summed E-state index contributed by atoms with van der Waals surface area (Å²) < 4.78 is 5.13. The zero-order valence-corrected chi connectivity index (χ0v) is 14.1. The van der Waals surface area contributed by atoms with Crippen LogP contribution in [0, 0.1) is 0 Å². The third-order valence-corrected chi connectivity index (χ3v) is 2.13. The van der Waals surface area contributed by atoms with Gasteiger partial charge in [-0.05, 0) is 32.6 Å². The Balaban J connectivity index is -0.000000234. The van der Waals surface area contributed by atoms with Gasteiger partial charge < -0.3 is 20.1 Å². The number of carbonyl (C=O) groups is 1. The van der Waals surface area contributed by atoms with Crippen LogP contribution in [0.3, 0.4) is 0 Å². The fraction of sp³-hybridized carbons (Fsp3) is 0.812. The quantitative estimate of drug-likeness (QED) is 0.345. The minimum atomic E-state index is -1.10. The lowest BCUT2D eigenvalue weighted by Gasteiger charge is -1.99. The number of ether oxygens (including phenoxy) is 1. The highest BCUT2D eigenvalue weighted by atomic mass is 16.5. The van der Waals surface area contributed by atoms with E-state index in [2.05, 4.69) is 27.4 Å². The number of rotatable bonds is 9. The number of carboxylic acid groups (broad SMARTS) is 1. The Morgan fingerprint density at radius 1 is 1.05 bits per heavy atom. The van der Waals surface area contributed by atoms with Crippen molar-refractivity contribution in [3.8, 4) is 0 Å². The second-order valence-corrected chi connectivity index (χ2v) is 4.67. The maximum Gasteiger partial charge on any atom is 0.330 e. The third-order valence-electron chi connectivity index (χ3n) is 2.13. The maximum atomic E-state index is 9.60. The first-order valence-corrected chi connectivity index (χ1v) is 7.65. The average molecular weight is 306 g/mol. The summed E-state index contributed by atoms with van der Waals surface area (Å²) >= 11 is 0. The molecule has 0 bridgehead atoms. The van der Waals surface area contributed by atoms with Crippen molar-refractivity contribution in [1.29, 1.82) is 0 Å². The van der Waals surface area contributed by atoms with Gasteiger partial charge in [-0.2, -0.15) is 0 Å². The van der Waals surface area contributed by atoms with Crippen molar-refractivity contribution in [2.45, 2.75) is 72.5 Å². The zero-order chi connectivity index (χ0) is 17.1. The van der Waals surface area contributed by atoms with Gasteiger partial charge in [0.2, 0.25) is 0 Å². The summed E-state index contributed by atoms with van der Waals surface area (Å²) in [4.78, 5) is 9.60. The molecule has 0 heterocycles. The lowest BCUT2D eigenvalue weighted by molar-refractivity contribution is -0.132. The molecule has 21 heavy (non-hydrogen) atoms. The smallest absolute Gasteiger partial charge is 0.330 e. The van der Waals surface area contributed by atoms with Gasteiger partial charge in [-0.15, -0.1) is 0 Å². The lowest BCUT2D eigenvalue weighted by atomic mass is 10.2. The molecule has 0 spiro atoms. The zero-order valence-electron chi connectivity index (χ0n) is 14.1. The molecule has 0 aromatic heterocycles. The molecule has 0 unspecified atom stereocenters. The predicted molar refractivity (Wildman–Crippen MR) is 86.2 cm³/mol. The first-order chi connectivity index (χ1) is 9.83. The van der Waals surface area contributed by atoms with Crippen molar-refractivity contribution in [3.05, 3.63) is 12.2 Å². The van der Waals surface area contributed by atoms with Gasteiger partial charge in [0.15, 0.2) is 6.29 Å². The van der Waals surface area contributed by atoms with Crippen LogP contribution in [0.5, 0.6) is 0 Å². The van der Waals surface area contributed by atoms with E-state index in [0.29, 0.717) is 6.42 Å². The number of unbranched alkanes of at least 4 members (excludes halogenated alkanes) is 2. The highest BCUT2D eigenvalue weighted by Gasteiger charge is 1.93. The SMILES string of the molecule is C=C(C)C(=O)O.CCCCCC(O)O.CCCOCCC. The number of aliphatic carboxylic acids is 1. The highest BCUT2D eigenvalue weighted by Crippen LogP contribution is 1.99. The van der Waals surface area contributed by atoms with Crippen LogP contribution in [-0.4, -0.2) is 40.8 Å². The van der Waals surface area contributed by atoms with Crippen LogP contribution in [0.1, 0.15) is 66.2 Å². The Labute approximate surface area is 129 Å². The van der Waals surface area contributed by atoms with Crippen LogP contribution in [0.15, 0.2) is 12.2 Å². The van der Waals surface area contributed by atoms with Gasteiger partial charge in [0.25, 0.3) is 0 Å². The fourth-order valence-electron chi connectivity index (χ4n) is 0.968. The normalized spacial score (nSPS) is 9.29. The molecule has 128 valence electrons. The molecule has 0 atom stereocenters. The van der Waals surface area contributed by atoms with Crippen molar-refractivity contribution in [3.63, 3.8) is 0 Å². The van der Waals surface area contributed by atoms with Gasteiger partial charge in [-0.3, -0.25) is 0 Å². The largest absolute Gasteiger partial charge is 0.478 e. The fourth-order valence-corrected chi connectivity index (χ4v) is 0.968. The van der Waals surface area contributed by atoms with E-state index in [1.165, 1.54) is 6.92 Å². The average Bonchev–Trinajstić information content (AvgIpc) is 2.40. The minimum absolute atomic E-state index is 0.176. The van der Waals surface area contributed by atoms with Crippen LogP contribution >= 0.6 is 0 Å². The van der Waals surface area contributed by atoms with Crippen molar-refractivity contribution < 1.29 is 24.9 Å². The highest BCUT2D eigenvalue weighted by molar-refractivity contribution is 5.84. The molecule has 0 aliphatic heterocycles. The first kappa shape index (κ1) is 25.1. The van der Waals surface area contributed by atoms with E-state index in [0.717, 1.165) is 45.3 Å². The van der Waals surface area contributed by atoms with Crippen LogP contribution in [-0.2, 0) is 9.53 Å². The van der Waals surface area contributed by atoms with Gasteiger partial charge in [0.05, 0.1) is 0 Å². The Bertz CT molecular complexity index is 211. The summed E-state index contributed by atoms with van der Waals surface area (Å²) in [5, 5.41) is 24.6. The van der Waals surface area contributed by atoms with Gasteiger partial charge in [0.1, 0.15) is 0 Å². The second kappa shape index (κ2) is 21.4. The molecule has 0 radical (unpaired) electrons. The minimum Gasteiger partial charge on any atom is -0.478 e. The van der Waals surface area contributed by atoms with Crippen LogP contribution < -0.4 is 0 Å². The molecule has 0 rings (SSSR count). The summed E-state index contributed by atoms with van der Waals surface area (Å²) in [5.41, 5.74) is 0.176. The van der Waals surface area contributed by atoms with Gasteiger partial charge in [-0.25, -0.2) is 4.79 Å². The van der Waals surface area contributed by atoms with Gasteiger partial charge >= 0.3 is 5.97 Å². The molecule has 0 aromatic carbocycles. The molecule has 0 saturated heterocycles. The summed E-state index contributed by atoms with van der Waals surface area (Å²) in [6.45, 7) is 12.8. The Kier molecular flexibility index (Phi) is 25.5. The van der Waals surface area contributed by atoms with Crippen molar-refractivity contribution in [2.24, 2.45) is 0 Å². The standard InChI is InChI=1S/C6H14O2.C6H14O.C4H6O2/c1-2-3-4-5-6(7)8;1-3-5-7-6-4-2;1-3(2)4(5)6/h6-8H,2-5H2,1H3;3-6H2,1-2H3;1H2,2H3,(H,5,6). The van der Waals surface area contributed by atoms with E-state index < -0.39 is 12.3 Å². The molecule has 0 aliphatic rings. The molecule has 0 aromatic rings. The molecule has 5 heteroatoms. The third kappa shape index (κ3) is 38.1. The summed E-state index contributed by atoms with van der Waals surface area (Å²) in [7, 11) is 0. The number of aliphatic hydroxyl groups is 2. The molecule has 0 fully saturated rings. The summed E-state index contributed by atoms with van der Waals surface area (Å²) in [6, 6.07) is 0. The van der Waals surface area contributed by atoms with Crippen LogP contribution in [0.25, 0.3) is 0 Å². The van der Waals surface area contributed by atoms with Crippen molar-refractivity contribution in [1.82, 2.24) is 0 Å². The molecule has 0 aliphatic carbocycles. The van der Waals surface area contributed by atoms with Gasteiger partial charge in [0, 0.05) is 18.8 Å². The Morgan fingerprint density at radius 3 is 1.71 bits per heavy atom. The van der Waals surface area contributed by atoms with E-state index in [1.807, 2.05) is 0 Å². The Morgan fingerprint density at radius 2 is 1.48 bits per heavy atom. The summed E-state index contributed by atoms with van der Waals surface area (Å²) in [6.07, 6.45) is 4.85. The van der Waals surface area contributed by atoms with Crippen LogP contribution in [0.2, 0.25) is 0 Å². The van der Waals surface area contributed by atoms with E-state index in [4.69, 9.17) is 20.1 Å². The number of hydrogen-bond donors (Lipinski definition) is 3. The molecular weight excluding hydrogens is 272 g/mol. The Hall–Kier alpha value is -0.910. The molecule has 0 saturated carbocycles.